The van der Waals surface area contributed by atoms with E-state index in [1.807, 2.05) is 55.5 Å². The Bertz CT molecular complexity index is 1500. The summed E-state index contributed by atoms with van der Waals surface area (Å²) in [5, 5.41) is 12.3. The monoisotopic (exact) mass is 472 g/mol. The molecule has 5 rings (SSSR count). The molecule has 4 N–H and O–H groups in total. The summed E-state index contributed by atoms with van der Waals surface area (Å²) in [6, 6.07) is 24.3. The summed E-state index contributed by atoms with van der Waals surface area (Å²) in [5.74, 6) is 0.782. The number of nitrogens with zero attached hydrogens (tertiary/aromatic N) is 3. The molecule has 0 fully saturated rings. The molecule has 0 saturated carbocycles. The van der Waals surface area contributed by atoms with E-state index in [0.29, 0.717) is 17.9 Å². The maximum absolute atomic E-state index is 8.84. The number of hydrogen-bond donors (Lipinski definition) is 3. The number of nitrogens with two attached hydrogens (primary N) is 1. The number of aromatic nitrogens is 2. The zero-order valence-electron chi connectivity index (χ0n) is 20.4. The molecule has 178 valence electrons. The van der Waals surface area contributed by atoms with Crippen LogP contribution in [0.2, 0.25) is 0 Å². The molecule has 4 aromatic rings. The summed E-state index contributed by atoms with van der Waals surface area (Å²) in [6.45, 7) is 9.01. The van der Waals surface area contributed by atoms with E-state index in [-0.39, 0.29) is 11.5 Å². The minimum atomic E-state index is 0.265. The number of hydrogen-bond acceptors (Lipinski definition) is 6. The van der Waals surface area contributed by atoms with Gasteiger partial charge in [-0.1, -0.05) is 78.9 Å². The second kappa shape index (κ2) is 9.50. The fraction of sp³-hybridized carbons (Fsp3) is 0.100. The third-order valence-electron chi connectivity index (χ3n) is 6.41. The Kier molecular flexibility index (Phi) is 6.09. The first-order chi connectivity index (χ1) is 17.4. The van der Waals surface area contributed by atoms with Gasteiger partial charge in [-0.15, -0.1) is 0 Å². The highest BCUT2D eigenvalue weighted by molar-refractivity contribution is 6.16. The van der Waals surface area contributed by atoms with E-state index < -0.39 is 0 Å². The topological polar surface area (TPSA) is 90.9 Å². The summed E-state index contributed by atoms with van der Waals surface area (Å²) in [4.78, 5) is 10.8. The van der Waals surface area contributed by atoms with Gasteiger partial charge in [0.25, 0.3) is 0 Å². The molecule has 0 radical (unpaired) electrons. The van der Waals surface area contributed by atoms with Gasteiger partial charge in [0, 0.05) is 28.2 Å². The van der Waals surface area contributed by atoms with Crippen LogP contribution < -0.4 is 16.0 Å². The Morgan fingerprint density at radius 1 is 0.972 bits per heavy atom. The Morgan fingerprint density at radius 2 is 1.69 bits per heavy atom. The maximum atomic E-state index is 8.84. The Labute approximate surface area is 211 Å². The summed E-state index contributed by atoms with van der Waals surface area (Å²) in [7, 11) is 0. The second-order valence-electron chi connectivity index (χ2n) is 8.87. The first kappa shape index (κ1) is 23.1. The number of nitrogens with one attached hydrogen (secondary N) is 2. The van der Waals surface area contributed by atoms with Gasteiger partial charge < -0.3 is 16.0 Å². The third kappa shape index (κ3) is 4.25. The van der Waals surface area contributed by atoms with Crippen molar-refractivity contribution in [1.29, 1.82) is 5.41 Å². The van der Waals surface area contributed by atoms with E-state index in [1.54, 1.807) is 0 Å². The molecule has 6 heteroatoms. The van der Waals surface area contributed by atoms with Crippen molar-refractivity contribution in [1.82, 2.24) is 9.97 Å². The molecule has 3 aromatic carbocycles. The fourth-order valence-corrected chi connectivity index (χ4v) is 4.49. The summed E-state index contributed by atoms with van der Waals surface area (Å²) in [5.41, 5.74) is 15.2. The van der Waals surface area contributed by atoms with Gasteiger partial charge in [-0.3, -0.25) is 5.41 Å². The Morgan fingerprint density at radius 3 is 2.47 bits per heavy atom. The van der Waals surface area contributed by atoms with E-state index in [1.165, 1.54) is 6.33 Å². The molecule has 1 aliphatic rings. The van der Waals surface area contributed by atoms with E-state index in [0.717, 1.165) is 44.9 Å². The fourth-order valence-electron chi connectivity index (χ4n) is 4.49. The van der Waals surface area contributed by atoms with Gasteiger partial charge in [0.05, 0.1) is 17.8 Å². The molecular weight excluding hydrogens is 444 g/mol. The van der Waals surface area contributed by atoms with Crippen molar-refractivity contribution in [3.05, 3.63) is 125 Å². The number of para-hydroxylation sites is 1. The van der Waals surface area contributed by atoms with E-state index in [2.05, 4.69) is 64.0 Å². The smallest absolute Gasteiger partial charge is 0.141 e. The van der Waals surface area contributed by atoms with Crippen LogP contribution in [0.4, 0.5) is 17.3 Å². The molecule has 36 heavy (non-hydrogen) atoms. The molecular formula is C30H28N6. The maximum Gasteiger partial charge on any atom is 0.141 e. The predicted molar refractivity (Wildman–Crippen MR) is 149 cm³/mol. The standard InChI is InChI=1S/C30H28N6/c1-19-12-14-22(15-13-19)28(31)27-29(32)34-18-35-30(27)33-17-24-16-23-9-5-6-10-25(23)21(3)36(24)26-11-7-4-8-20(26)2/h4-16,18,31H,3,17H2,1-2H3,(H3,32,33,34,35). The van der Waals surface area contributed by atoms with Crippen molar-refractivity contribution >= 4 is 34.8 Å². The molecule has 0 bridgehead atoms. The van der Waals surface area contributed by atoms with Crippen molar-refractivity contribution in [3.63, 3.8) is 0 Å². The van der Waals surface area contributed by atoms with Gasteiger partial charge in [0.2, 0.25) is 0 Å². The van der Waals surface area contributed by atoms with Crippen molar-refractivity contribution in [3.8, 4) is 0 Å². The lowest BCUT2D eigenvalue weighted by atomic mass is 9.97. The SMILES string of the molecule is C=C1c2ccccc2C=C(CNc2ncnc(N)c2C(=N)c2ccc(C)cc2)N1c1ccccc1C. The number of rotatable bonds is 6. The van der Waals surface area contributed by atoms with Crippen molar-refractivity contribution in [2.75, 3.05) is 22.5 Å². The number of aryl methyl sites for hydroxylation is 2. The van der Waals surface area contributed by atoms with Crippen LogP contribution in [0.1, 0.15) is 33.4 Å². The van der Waals surface area contributed by atoms with Gasteiger partial charge in [0.15, 0.2) is 0 Å². The normalized spacial score (nSPS) is 12.7. The lowest BCUT2D eigenvalue weighted by Crippen LogP contribution is -2.29. The largest absolute Gasteiger partial charge is 0.383 e. The minimum Gasteiger partial charge on any atom is -0.383 e. The van der Waals surface area contributed by atoms with Crippen LogP contribution in [0.5, 0.6) is 0 Å². The van der Waals surface area contributed by atoms with Crippen LogP contribution in [0.25, 0.3) is 11.8 Å². The average Bonchev–Trinajstić information content (AvgIpc) is 2.88. The first-order valence-electron chi connectivity index (χ1n) is 11.8. The summed E-state index contributed by atoms with van der Waals surface area (Å²) < 4.78 is 0. The molecule has 0 aliphatic carbocycles. The van der Waals surface area contributed by atoms with Crippen LogP contribution in [0.15, 0.2) is 91.4 Å². The lowest BCUT2D eigenvalue weighted by molar-refractivity contribution is 1.06. The van der Waals surface area contributed by atoms with Gasteiger partial charge >= 0.3 is 0 Å². The average molecular weight is 473 g/mol. The zero-order valence-corrected chi connectivity index (χ0v) is 20.4. The zero-order chi connectivity index (χ0) is 25.2. The second-order valence-corrected chi connectivity index (χ2v) is 8.87. The third-order valence-corrected chi connectivity index (χ3v) is 6.41. The number of benzene rings is 3. The van der Waals surface area contributed by atoms with Crippen LogP contribution >= 0.6 is 0 Å². The number of anilines is 3. The van der Waals surface area contributed by atoms with Crippen molar-refractivity contribution < 1.29 is 0 Å². The highest BCUT2D eigenvalue weighted by Gasteiger charge is 2.25. The van der Waals surface area contributed by atoms with E-state index in [9.17, 15) is 0 Å². The van der Waals surface area contributed by atoms with Gasteiger partial charge in [-0.05, 0) is 37.1 Å². The molecule has 0 atom stereocenters. The van der Waals surface area contributed by atoms with Crippen LogP contribution in [0, 0.1) is 19.3 Å². The molecule has 1 aliphatic heterocycles. The van der Waals surface area contributed by atoms with Gasteiger partial charge in [-0.25, -0.2) is 9.97 Å². The number of nitrogen functional groups attached to an aromatic ring is 1. The van der Waals surface area contributed by atoms with Crippen LogP contribution in [-0.2, 0) is 0 Å². The predicted octanol–water partition coefficient (Wildman–Crippen LogP) is 6.04. The highest BCUT2D eigenvalue weighted by atomic mass is 15.2. The molecule has 0 spiro atoms. The lowest BCUT2D eigenvalue weighted by Gasteiger charge is -2.35. The Hall–Kier alpha value is -4.71. The summed E-state index contributed by atoms with van der Waals surface area (Å²) >= 11 is 0. The Balaban J connectivity index is 1.52. The van der Waals surface area contributed by atoms with E-state index >= 15 is 0 Å². The molecule has 0 amide bonds. The number of fused-ring (bicyclic) bond motifs is 1. The van der Waals surface area contributed by atoms with Crippen LogP contribution in [-0.4, -0.2) is 22.2 Å². The van der Waals surface area contributed by atoms with Crippen molar-refractivity contribution in [2.24, 2.45) is 0 Å². The molecule has 2 heterocycles. The molecule has 0 unspecified atom stereocenters. The molecule has 1 aromatic heterocycles. The van der Waals surface area contributed by atoms with Crippen LogP contribution in [0.3, 0.4) is 0 Å². The minimum absolute atomic E-state index is 0.265. The quantitative estimate of drug-likeness (QED) is 0.298. The molecule has 6 nitrogen and oxygen atoms in total. The van der Waals surface area contributed by atoms with Gasteiger partial charge in [0.1, 0.15) is 18.0 Å². The summed E-state index contributed by atoms with van der Waals surface area (Å²) in [6.07, 6.45) is 3.59. The van der Waals surface area contributed by atoms with Gasteiger partial charge in [-0.2, -0.15) is 0 Å². The molecule has 0 saturated heterocycles. The van der Waals surface area contributed by atoms with Crippen molar-refractivity contribution in [2.45, 2.75) is 13.8 Å². The van der Waals surface area contributed by atoms with E-state index in [4.69, 9.17) is 11.1 Å². The first-order valence-corrected chi connectivity index (χ1v) is 11.8. The highest BCUT2D eigenvalue weighted by Crippen LogP contribution is 2.38.